The van der Waals surface area contributed by atoms with Gasteiger partial charge in [0.15, 0.2) is 0 Å². The van der Waals surface area contributed by atoms with Crippen LogP contribution in [-0.4, -0.2) is 71.9 Å². The summed E-state index contributed by atoms with van der Waals surface area (Å²) >= 11 is 0. The molecule has 2 saturated heterocycles. The second kappa shape index (κ2) is 10.2. The van der Waals surface area contributed by atoms with Crippen molar-refractivity contribution in [3.63, 3.8) is 0 Å². The molecule has 4 atom stereocenters. The number of esters is 1. The van der Waals surface area contributed by atoms with Crippen molar-refractivity contribution in [3.05, 3.63) is 53.1 Å². The largest absolute Gasteiger partial charge is 0.573 e. The molecule has 1 aromatic heterocycles. The predicted molar refractivity (Wildman–Crippen MR) is 162 cm³/mol. The fraction of sp³-hybridized carbons (Fsp3) is 0.543. The van der Waals surface area contributed by atoms with E-state index in [9.17, 15) is 22.8 Å². The molecule has 7 nitrogen and oxygen atoms in total. The summed E-state index contributed by atoms with van der Waals surface area (Å²) in [5, 5.41) is 0.985. The lowest BCUT2D eigenvalue weighted by Crippen LogP contribution is -2.57. The maximum atomic E-state index is 14.9. The molecule has 2 bridgehead atoms. The average Bonchev–Trinajstić information content (AvgIpc) is 3.59. The van der Waals surface area contributed by atoms with Crippen molar-refractivity contribution < 1.29 is 32.2 Å². The lowest BCUT2D eigenvalue weighted by molar-refractivity contribution is -0.274. The van der Waals surface area contributed by atoms with Gasteiger partial charge in [0.05, 0.1) is 23.8 Å². The van der Waals surface area contributed by atoms with Gasteiger partial charge < -0.3 is 23.8 Å². The average molecular weight is 622 g/mol. The Balaban J connectivity index is 1.38. The number of hydrogen-bond acceptors (Lipinski definition) is 5. The Morgan fingerprint density at radius 1 is 0.956 bits per heavy atom. The minimum atomic E-state index is -4.87. The standard InChI is InChI=1S/C35H38F3N3O4/c1-39-17-22-12-13-23(18-39)41(22)33(43)34-16-26(34)30-25(9-6-10-28(30)45-35(36,37)38)31-29(20-7-4-3-5-8-20)24-14-11-21(32(42)44-2)15-27(24)40(31)19-34/h6,9-11,14-15,20,22-23,26H,3-5,7-8,12-13,16-19H2,1-2H3. The zero-order valence-corrected chi connectivity index (χ0v) is 25.7. The molecule has 1 amide bonds. The number of ether oxygens (including phenoxy) is 2. The molecule has 4 fully saturated rings. The minimum Gasteiger partial charge on any atom is -0.465 e. The second-order valence-electron chi connectivity index (χ2n) is 13.9. The van der Waals surface area contributed by atoms with Gasteiger partial charge >= 0.3 is 12.3 Å². The number of aromatic nitrogens is 1. The van der Waals surface area contributed by atoms with Crippen LogP contribution in [0.4, 0.5) is 13.2 Å². The molecule has 3 aromatic rings. The van der Waals surface area contributed by atoms with Gasteiger partial charge in [-0.3, -0.25) is 4.79 Å². The quantitative estimate of drug-likeness (QED) is 0.299. The highest BCUT2D eigenvalue weighted by molar-refractivity contribution is 6.00. The Labute approximate surface area is 260 Å². The maximum Gasteiger partial charge on any atom is 0.573 e. The van der Waals surface area contributed by atoms with E-state index >= 15 is 0 Å². The van der Waals surface area contributed by atoms with Gasteiger partial charge in [0.25, 0.3) is 0 Å². The molecule has 238 valence electrons. The van der Waals surface area contributed by atoms with E-state index in [-0.39, 0.29) is 29.7 Å². The van der Waals surface area contributed by atoms with Gasteiger partial charge in [-0.15, -0.1) is 13.2 Å². The number of likely N-dealkylation sites (N-methyl/N-ethyl adjacent to an activating group) is 1. The first kappa shape index (κ1) is 28.9. The highest BCUT2D eigenvalue weighted by Gasteiger charge is 2.66. The monoisotopic (exact) mass is 621 g/mol. The van der Waals surface area contributed by atoms with E-state index in [1.54, 1.807) is 12.1 Å². The van der Waals surface area contributed by atoms with Crippen LogP contribution in [0.15, 0.2) is 36.4 Å². The fourth-order valence-corrected chi connectivity index (χ4v) is 9.35. The summed E-state index contributed by atoms with van der Waals surface area (Å²) in [5.74, 6) is -0.819. The third-order valence-corrected chi connectivity index (χ3v) is 11.3. The molecule has 4 unspecified atom stereocenters. The van der Waals surface area contributed by atoms with E-state index in [0.717, 1.165) is 80.2 Å². The summed E-state index contributed by atoms with van der Waals surface area (Å²) in [6, 6.07) is 10.7. The van der Waals surface area contributed by atoms with Crippen molar-refractivity contribution >= 4 is 22.8 Å². The van der Waals surface area contributed by atoms with E-state index in [0.29, 0.717) is 29.7 Å². The smallest absolute Gasteiger partial charge is 0.465 e. The zero-order chi connectivity index (χ0) is 31.2. The third-order valence-electron chi connectivity index (χ3n) is 11.3. The lowest BCUT2D eigenvalue weighted by atomic mass is 9.81. The van der Waals surface area contributed by atoms with Gasteiger partial charge in [-0.2, -0.15) is 0 Å². The van der Waals surface area contributed by atoms with E-state index in [1.807, 2.05) is 18.2 Å². The second-order valence-corrected chi connectivity index (χ2v) is 13.9. The lowest BCUT2D eigenvalue weighted by Gasteiger charge is -2.41. The Kier molecular flexibility index (Phi) is 6.58. The van der Waals surface area contributed by atoms with Crippen LogP contribution in [-0.2, 0) is 16.1 Å². The van der Waals surface area contributed by atoms with Crippen LogP contribution in [0.1, 0.15) is 84.7 Å². The first-order valence-corrected chi connectivity index (χ1v) is 16.2. The number of methoxy groups -OCH3 is 1. The number of amides is 1. The van der Waals surface area contributed by atoms with Crippen molar-refractivity contribution in [2.45, 2.75) is 88.2 Å². The van der Waals surface area contributed by atoms with E-state index < -0.39 is 23.7 Å². The SMILES string of the molecule is COC(=O)c1ccc2c(C3CCCCC3)c3n(c2c1)CC1(C(=O)N2C4CCC2CN(C)C4)CC1c1c(OC(F)(F)F)cccc1-3. The number of alkyl halides is 3. The number of halogens is 3. The van der Waals surface area contributed by atoms with Crippen molar-refractivity contribution in [2.24, 2.45) is 5.41 Å². The summed E-state index contributed by atoms with van der Waals surface area (Å²) in [7, 11) is 3.43. The molecule has 3 aliphatic heterocycles. The fourth-order valence-electron chi connectivity index (χ4n) is 9.35. The van der Waals surface area contributed by atoms with Crippen LogP contribution in [0.25, 0.3) is 22.2 Å². The third kappa shape index (κ3) is 4.49. The molecule has 8 rings (SSSR count). The van der Waals surface area contributed by atoms with Crippen molar-refractivity contribution in [1.29, 1.82) is 0 Å². The molecule has 0 spiro atoms. The maximum absolute atomic E-state index is 14.9. The molecule has 10 heteroatoms. The summed E-state index contributed by atoms with van der Waals surface area (Å²) in [6.07, 6.45) is 2.75. The summed E-state index contributed by atoms with van der Waals surface area (Å²) in [4.78, 5) is 31.9. The predicted octanol–water partition coefficient (Wildman–Crippen LogP) is 6.83. The van der Waals surface area contributed by atoms with Crippen LogP contribution in [0.3, 0.4) is 0 Å². The van der Waals surface area contributed by atoms with Crippen LogP contribution >= 0.6 is 0 Å². The summed E-state index contributed by atoms with van der Waals surface area (Å²) in [5.41, 5.74) is 3.48. The Bertz CT molecular complexity index is 1700. The number of carbonyl (C=O) groups is 2. The number of likely N-dealkylation sites (tertiary alicyclic amines) is 1. The van der Waals surface area contributed by atoms with Crippen LogP contribution < -0.4 is 4.74 Å². The van der Waals surface area contributed by atoms with Gasteiger partial charge in [-0.25, -0.2) is 4.79 Å². The number of carbonyl (C=O) groups excluding carboxylic acids is 2. The Hall–Kier alpha value is -3.53. The molecular weight excluding hydrogens is 583 g/mol. The Morgan fingerprint density at radius 3 is 2.38 bits per heavy atom. The minimum absolute atomic E-state index is 0.0406. The number of fused-ring (bicyclic) bond motifs is 9. The number of piperazine rings is 1. The van der Waals surface area contributed by atoms with Crippen LogP contribution in [0.5, 0.6) is 5.75 Å². The highest BCUT2D eigenvalue weighted by Crippen LogP contribution is 2.68. The normalized spacial score (nSPS) is 27.8. The van der Waals surface area contributed by atoms with Gasteiger partial charge in [0, 0.05) is 59.7 Å². The number of nitrogens with zero attached hydrogens (tertiary/aromatic N) is 3. The van der Waals surface area contributed by atoms with E-state index in [4.69, 9.17) is 9.47 Å². The number of rotatable bonds is 4. The molecule has 2 aliphatic carbocycles. The Morgan fingerprint density at radius 2 is 1.69 bits per heavy atom. The topological polar surface area (TPSA) is 64.0 Å². The van der Waals surface area contributed by atoms with Crippen LogP contribution in [0.2, 0.25) is 0 Å². The first-order valence-electron chi connectivity index (χ1n) is 16.2. The molecule has 0 radical (unpaired) electrons. The molecule has 2 aromatic carbocycles. The van der Waals surface area contributed by atoms with Crippen molar-refractivity contribution in [2.75, 3.05) is 27.2 Å². The number of hydrogen-bond donors (Lipinski definition) is 0. The summed E-state index contributed by atoms with van der Waals surface area (Å²) in [6.45, 7) is 1.94. The highest BCUT2D eigenvalue weighted by atomic mass is 19.4. The molecule has 0 N–H and O–H groups in total. The molecule has 45 heavy (non-hydrogen) atoms. The van der Waals surface area contributed by atoms with Gasteiger partial charge in [0.1, 0.15) is 5.75 Å². The number of benzene rings is 2. The van der Waals surface area contributed by atoms with Crippen molar-refractivity contribution in [1.82, 2.24) is 14.4 Å². The summed E-state index contributed by atoms with van der Waals surface area (Å²) < 4.78 is 53.6. The molecule has 4 heterocycles. The molecule has 5 aliphatic rings. The van der Waals surface area contributed by atoms with Gasteiger partial charge in [0.2, 0.25) is 5.91 Å². The molecular formula is C35H38F3N3O4. The molecule has 2 saturated carbocycles. The van der Waals surface area contributed by atoms with Gasteiger partial charge in [-0.1, -0.05) is 37.5 Å². The van der Waals surface area contributed by atoms with E-state index in [1.165, 1.54) is 13.2 Å². The zero-order valence-electron chi connectivity index (χ0n) is 25.7. The van der Waals surface area contributed by atoms with Crippen molar-refractivity contribution in [3.8, 4) is 17.0 Å². The first-order chi connectivity index (χ1) is 21.6. The van der Waals surface area contributed by atoms with E-state index in [2.05, 4.69) is 21.4 Å². The van der Waals surface area contributed by atoms with Crippen LogP contribution in [0, 0.1) is 5.41 Å². The van der Waals surface area contributed by atoms with Gasteiger partial charge in [-0.05, 0) is 68.8 Å².